The molecule has 4 nitrogen and oxygen atoms in total. The first-order chi connectivity index (χ1) is 10.1. The van der Waals surface area contributed by atoms with Gasteiger partial charge in [0.15, 0.2) is 11.6 Å². The fourth-order valence-corrected chi connectivity index (χ4v) is 2.92. The van der Waals surface area contributed by atoms with Crippen molar-refractivity contribution in [1.82, 2.24) is 15.5 Å². The standard InChI is InChI=1S/C15H17F2N3O/c1-2-5-15(6-7-18-9-15)14-19-13(20-21-14)10-3-4-11(16)12(17)8-10/h3-4,8,18H,2,5-7,9H2,1H3. The summed E-state index contributed by atoms with van der Waals surface area (Å²) in [6.07, 6.45) is 2.92. The summed E-state index contributed by atoms with van der Waals surface area (Å²) in [7, 11) is 0. The van der Waals surface area contributed by atoms with Gasteiger partial charge in [0.2, 0.25) is 11.7 Å². The van der Waals surface area contributed by atoms with Gasteiger partial charge in [-0.3, -0.25) is 0 Å². The number of halogens is 2. The van der Waals surface area contributed by atoms with Crippen molar-refractivity contribution in [2.75, 3.05) is 13.1 Å². The molecule has 0 aliphatic carbocycles. The summed E-state index contributed by atoms with van der Waals surface area (Å²) in [6.45, 7) is 3.84. The van der Waals surface area contributed by atoms with Gasteiger partial charge in [-0.25, -0.2) is 8.78 Å². The Labute approximate surface area is 121 Å². The molecule has 3 rings (SSSR count). The SMILES string of the molecule is CCCC1(c2nc(-c3ccc(F)c(F)c3)no2)CCNC1. The zero-order valence-corrected chi connectivity index (χ0v) is 11.8. The molecule has 1 saturated heterocycles. The lowest BCUT2D eigenvalue weighted by Crippen LogP contribution is -2.29. The molecule has 0 amide bonds. The van der Waals surface area contributed by atoms with E-state index in [2.05, 4.69) is 22.4 Å². The van der Waals surface area contributed by atoms with Crippen LogP contribution in [-0.4, -0.2) is 23.2 Å². The molecule has 1 fully saturated rings. The summed E-state index contributed by atoms with van der Waals surface area (Å²) < 4.78 is 31.7. The number of aromatic nitrogens is 2. The predicted octanol–water partition coefficient (Wildman–Crippen LogP) is 3.05. The summed E-state index contributed by atoms with van der Waals surface area (Å²) in [5, 5.41) is 7.25. The van der Waals surface area contributed by atoms with Crippen molar-refractivity contribution in [2.45, 2.75) is 31.6 Å². The molecule has 112 valence electrons. The number of hydrogen-bond acceptors (Lipinski definition) is 4. The molecule has 6 heteroatoms. The molecule has 1 aliphatic heterocycles. The Hall–Kier alpha value is -1.82. The van der Waals surface area contributed by atoms with Crippen LogP contribution < -0.4 is 5.32 Å². The largest absolute Gasteiger partial charge is 0.338 e. The molecule has 1 unspecified atom stereocenters. The Kier molecular flexibility index (Phi) is 3.71. The van der Waals surface area contributed by atoms with Gasteiger partial charge in [0, 0.05) is 12.1 Å². The fraction of sp³-hybridized carbons (Fsp3) is 0.467. The molecule has 21 heavy (non-hydrogen) atoms. The van der Waals surface area contributed by atoms with E-state index in [1.165, 1.54) is 6.07 Å². The van der Waals surface area contributed by atoms with E-state index in [-0.39, 0.29) is 5.41 Å². The molecule has 0 radical (unpaired) electrons. The van der Waals surface area contributed by atoms with Crippen LogP contribution in [0.15, 0.2) is 22.7 Å². The van der Waals surface area contributed by atoms with Gasteiger partial charge < -0.3 is 9.84 Å². The maximum absolute atomic E-state index is 13.3. The van der Waals surface area contributed by atoms with E-state index in [0.29, 0.717) is 17.3 Å². The van der Waals surface area contributed by atoms with E-state index < -0.39 is 11.6 Å². The van der Waals surface area contributed by atoms with E-state index in [9.17, 15) is 8.78 Å². The summed E-state index contributed by atoms with van der Waals surface area (Å²) in [4.78, 5) is 4.42. The highest BCUT2D eigenvalue weighted by Crippen LogP contribution is 2.35. The van der Waals surface area contributed by atoms with Crippen LogP contribution in [0.1, 0.15) is 32.1 Å². The second kappa shape index (κ2) is 5.52. The smallest absolute Gasteiger partial charge is 0.234 e. The molecule has 1 aromatic heterocycles. The molecule has 1 atom stereocenters. The Morgan fingerprint density at radius 1 is 1.33 bits per heavy atom. The van der Waals surface area contributed by atoms with Crippen LogP contribution in [0.2, 0.25) is 0 Å². The second-order valence-electron chi connectivity index (χ2n) is 5.51. The molecule has 2 aromatic rings. The average molecular weight is 293 g/mol. The molecular formula is C15H17F2N3O. The first kappa shape index (κ1) is 14.1. The first-order valence-corrected chi connectivity index (χ1v) is 7.15. The van der Waals surface area contributed by atoms with Crippen molar-refractivity contribution < 1.29 is 13.3 Å². The average Bonchev–Trinajstić information content (AvgIpc) is 3.12. The maximum Gasteiger partial charge on any atom is 0.234 e. The minimum absolute atomic E-state index is 0.140. The van der Waals surface area contributed by atoms with Crippen molar-refractivity contribution in [1.29, 1.82) is 0 Å². The molecule has 1 aliphatic rings. The van der Waals surface area contributed by atoms with Gasteiger partial charge in [-0.1, -0.05) is 18.5 Å². The Balaban J connectivity index is 1.93. The number of nitrogens with zero attached hydrogens (tertiary/aromatic N) is 2. The number of rotatable bonds is 4. The lowest BCUT2D eigenvalue weighted by Gasteiger charge is -2.22. The van der Waals surface area contributed by atoms with Crippen molar-refractivity contribution >= 4 is 0 Å². The summed E-state index contributed by atoms with van der Waals surface area (Å²) in [5.41, 5.74) is 0.278. The molecule has 0 spiro atoms. The lowest BCUT2D eigenvalue weighted by atomic mass is 9.82. The van der Waals surface area contributed by atoms with Gasteiger partial charge >= 0.3 is 0 Å². The zero-order valence-electron chi connectivity index (χ0n) is 11.8. The highest BCUT2D eigenvalue weighted by atomic mass is 19.2. The van der Waals surface area contributed by atoms with E-state index >= 15 is 0 Å². The van der Waals surface area contributed by atoms with Gasteiger partial charge in [0.05, 0.1) is 5.41 Å². The lowest BCUT2D eigenvalue weighted by molar-refractivity contribution is 0.277. The van der Waals surface area contributed by atoms with E-state index in [4.69, 9.17) is 4.52 Å². The third kappa shape index (κ3) is 2.55. The van der Waals surface area contributed by atoms with Crippen LogP contribution in [0.3, 0.4) is 0 Å². The van der Waals surface area contributed by atoms with Gasteiger partial charge in [0.25, 0.3) is 0 Å². The molecule has 0 bridgehead atoms. The fourth-order valence-electron chi connectivity index (χ4n) is 2.92. The van der Waals surface area contributed by atoms with Crippen molar-refractivity contribution in [3.8, 4) is 11.4 Å². The monoisotopic (exact) mass is 293 g/mol. The van der Waals surface area contributed by atoms with E-state index in [1.54, 1.807) is 0 Å². The third-order valence-electron chi connectivity index (χ3n) is 4.03. The van der Waals surface area contributed by atoms with Crippen molar-refractivity contribution in [2.24, 2.45) is 0 Å². The summed E-state index contributed by atoms with van der Waals surface area (Å²) in [5.74, 6) is -0.921. The van der Waals surface area contributed by atoms with Gasteiger partial charge in [0.1, 0.15) is 0 Å². The molecule has 1 aromatic carbocycles. The van der Waals surface area contributed by atoms with Crippen LogP contribution in [0.5, 0.6) is 0 Å². The van der Waals surface area contributed by atoms with Gasteiger partial charge in [-0.2, -0.15) is 4.98 Å². The van der Waals surface area contributed by atoms with Crippen LogP contribution in [-0.2, 0) is 5.41 Å². The number of nitrogens with one attached hydrogen (secondary N) is 1. The van der Waals surface area contributed by atoms with Crippen LogP contribution in [0.25, 0.3) is 11.4 Å². The third-order valence-corrected chi connectivity index (χ3v) is 4.03. The number of benzene rings is 1. The second-order valence-corrected chi connectivity index (χ2v) is 5.51. The minimum Gasteiger partial charge on any atom is -0.338 e. The van der Waals surface area contributed by atoms with Crippen LogP contribution in [0, 0.1) is 11.6 Å². The summed E-state index contributed by atoms with van der Waals surface area (Å²) in [6, 6.07) is 3.61. The van der Waals surface area contributed by atoms with E-state index in [0.717, 1.165) is 44.5 Å². The zero-order chi connectivity index (χ0) is 14.9. The van der Waals surface area contributed by atoms with Crippen LogP contribution in [0.4, 0.5) is 8.78 Å². The van der Waals surface area contributed by atoms with Gasteiger partial charge in [-0.15, -0.1) is 0 Å². The molecule has 2 heterocycles. The Bertz CT molecular complexity index is 636. The molecule has 1 N–H and O–H groups in total. The van der Waals surface area contributed by atoms with E-state index in [1.807, 2.05) is 0 Å². The van der Waals surface area contributed by atoms with Crippen LogP contribution >= 0.6 is 0 Å². The summed E-state index contributed by atoms with van der Waals surface area (Å²) >= 11 is 0. The predicted molar refractivity (Wildman–Crippen MR) is 73.7 cm³/mol. The Morgan fingerprint density at radius 3 is 2.86 bits per heavy atom. The molecular weight excluding hydrogens is 276 g/mol. The van der Waals surface area contributed by atoms with Crippen molar-refractivity contribution in [3.63, 3.8) is 0 Å². The minimum atomic E-state index is -0.912. The molecule has 0 saturated carbocycles. The maximum atomic E-state index is 13.3. The van der Waals surface area contributed by atoms with Gasteiger partial charge in [-0.05, 0) is 37.6 Å². The number of hydrogen-bond donors (Lipinski definition) is 1. The highest BCUT2D eigenvalue weighted by Gasteiger charge is 2.40. The highest BCUT2D eigenvalue weighted by molar-refractivity contribution is 5.54. The topological polar surface area (TPSA) is 51.0 Å². The normalized spacial score (nSPS) is 21.9. The van der Waals surface area contributed by atoms with Crippen molar-refractivity contribution in [3.05, 3.63) is 35.7 Å². The quantitative estimate of drug-likeness (QED) is 0.941. The first-order valence-electron chi connectivity index (χ1n) is 7.15. The Morgan fingerprint density at radius 2 is 2.19 bits per heavy atom.